The van der Waals surface area contributed by atoms with Gasteiger partial charge >= 0.3 is 0 Å². The number of benzene rings is 2. The molecule has 0 spiro atoms. The summed E-state index contributed by atoms with van der Waals surface area (Å²) in [5.74, 6) is 0.478. The van der Waals surface area contributed by atoms with Crippen molar-refractivity contribution in [2.24, 2.45) is 0 Å². The van der Waals surface area contributed by atoms with Gasteiger partial charge in [-0.05, 0) is 29.8 Å². The molecule has 1 unspecified atom stereocenters. The molecule has 22 heavy (non-hydrogen) atoms. The maximum absolute atomic E-state index is 10.3. The first-order valence-corrected chi connectivity index (χ1v) is 8.12. The van der Waals surface area contributed by atoms with E-state index in [0.29, 0.717) is 10.8 Å². The normalized spacial score (nSPS) is 12.3. The third-order valence-electron chi connectivity index (χ3n) is 3.15. The highest BCUT2D eigenvalue weighted by molar-refractivity contribution is 7.99. The molecule has 1 heterocycles. The Kier molecular flexibility index (Phi) is 4.77. The predicted octanol–water partition coefficient (Wildman–Crippen LogP) is 3.75. The summed E-state index contributed by atoms with van der Waals surface area (Å²) in [6.07, 6.45) is 1.06. The van der Waals surface area contributed by atoms with Crippen LogP contribution in [0.4, 0.5) is 0 Å². The number of para-hydroxylation sites is 1. The molecule has 0 fully saturated rings. The minimum atomic E-state index is -0.607. The highest BCUT2D eigenvalue weighted by atomic mass is 35.5. The molecule has 2 aromatic carbocycles. The van der Waals surface area contributed by atoms with Crippen LogP contribution in [0.25, 0.3) is 5.69 Å². The van der Waals surface area contributed by atoms with E-state index in [1.54, 1.807) is 18.5 Å². The molecule has 1 atom stereocenters. The van der Waals surface area contributed by atoms with Crippen LogP contribution in [0.5, 0.6) is 0 Å². The van der Waals surface area contributed by atoms with Crippen LogP contribution in [0.1, 0.15) is 11.7 Å². The Labute approximate surface area is 137 Å². The molecule has 1 N–H and O–H groups in total. The number of aromatic nitrogens is 3. The van der Waals surface area contributed by atoms with Crippen LogP contribution in [0, 0.1) is 0 Å². The lowest BCUT2D eigenvalue weighted by molar-refractivity contribution is 0.204. The fraction of sp³-hybridized carbons (Fsp3) is 0.125. The van der Waals surface area contributed by atoms with Crippen molar-refractivity contribution in [1.82, 2.24) is 14.8 Å². The van der Waals surface area contributed by atoms with E-state index in [-0.39, 0.29) is 0 Å². The van der Waals surface area contributed by atoms with Crippen molar-refractivity contribution < 1.29 is 5.11 Å². The Hall–Kier alpha value is -1.82. The van der Waals surface area contributed by atoms with E-state index in [2.05, 4.69) is 10.2 Å². The molecular weight excluding hydrogens is 318 g/mol. The molecule has 0 saturated carbocycles. The fourth-order valence-electron chi connectivity index (χ4n) is 2.05. The van der Waals surface area contributed by atoms with Crippen LogP contribution in [-0.4, -0.2) is 25.6 Å². The fourth-order valence-corrected chi connectivity index (χ4v) is 3.15. The molecule has 3 rings (SSSR count). The van der Waals surface area contributed by atoms with E-state index >= 15 is 0 Å². The first-order chi connectivity index (χ1) is 10.7. The van der Waals surface area contributed by atoms with Gasteiger partial charge in [0, 0.05) is 16.5 Å². The monoisotopic (exact) mass is 331 g/mol. The van der Waals surface area contributed by atoms with E-state index < -0.39 is 6.10 Å². The summed E-state index contributed by atoms with van der Waals surface area (Å²) in [4.78, 5) is 0. The van der Waals surface area contributed by atoms with Crippen LogP contribution >= 0.6 is 23.4 Å². The first kappa shape index (κ1) is 15.1. The summed E-state index contributed by atoms with van der Waals surface area (Å²) in [6, 6.07) is 17.1. The molecule has 0 aliphatic heterocycles. The summed E-state index contributed by atoms with van der Waals surface area (Å²) < 4.78 is 1.90. The van der Waals surface area contributed by atoms with E-state index in [1.807, 2.05) is 47.0 Å². The molecule has 4 nitrogen and oxygen atoms in total. The summed E-state index contributed by atoms with van der Waals surface area (Å²) in [7, 11) is 0. The zero-order valence-electron chi connectivity index (χ0n) is 11.6. The highest BCUT2D eigenvalue weighted by Gasteiger charge is 2.12. The molecule has 0 aliphatic carbocycles. The van der Waals surface area contributed by atoms with Crippen molar-refractivity contribution in [2.75, 3.05) is 5.75 Å². The van der Waals surface area contributed by atoms with Gasteiger partial charge in [0.25, 0.3) is 0 Å². The largest absolute Gasteiger partial charge is 0.388 e. The smallest absolute Gasteiger partial charge is 0.195 e. The molecule has 0 bridgehead atoms. The SMILES string of the molecule is OC(CSc1nncn1-c1ccccc1)c1cccc(Cl)c1. The lowest BCUT2D eigenvalue weighted by Gasteiger charge is -2.11. The summed E-state index contributed by atoms with van der Waals surface area (Å²) in [5, 5.41) is 19.7. The first-order valence-electron chi connectivity index (χ1n) is 6.76. The number of hydrogen-bond acceptors (Lipinski definition) is 4. The van der Waals surface area contributed by atoms with Gasteiger partial charge in [0.15, 0.2) is 5.16 Å². The number of aliphatic hydroxyl groups excluding tert-OH is 1. The zero-order chi connectivity index (χ0) is 15.4. The maximum Gasteiger partial charge on any atom is 0.195 e. The standard InChI is InChI=1S/C16H14ClN3OS/c17-13-6-4-5-12(9-13)15(21)10-22-16-19-18-11-20(16)14-7-2-1-3-8-14/h1-9,11,15,21H,10H2. The molecule has 0 amide bonds. The van der Waals surface area contributed by atoms with Crippen molar-refractivity contribution in [3.8, 4) is 5.69 Å². The van der Waals surface area contributed by atoms with Gasteiger partial charge in [0.05, 0.1) is 6.10 Å². The van der Waals surface area contributed by atoms with E-state index in [9.17, 15) is 5.11 Å². The lowest BCUT2D eigenvalue weighted by atomic mass is 10.1. The van der Waals surface area contributed by atoms with Gasteiger partial charge in [-0.15, -0.1) is 10.2 Å². The van der Waals surface area contributed by atoms with Crippen LogP contribution in [0.3, 0.4) is 0 Å². The summed E-state index contributed by atoms with van der Waals surface area (Å²) in [5.41, 5.74) is 1.79. The minimum Gasteiger partial charge on any atom is -0.388 e. The lowest BCUT2D eigenvalue weighted by Crippen LogP contribution is -2.02. The van der Waals surface area contributed by atoms with Crippen LogP contribution in [-0.2, 0) is 0 Å². The average Bonchev–Trinajstić information content (AvgIpc) is 3.02. The second-order valence-electron chi connectivity index (χ2n) is 4.70. The third kappa shape index (κ3) is 3.50. The number of rotatable bonds is 5. The van der Waals surface area contributed by atoms with Crippen molar-refractivity contribution >= 4 is 23.4 Å². The van der Waals surface area contributed by atoms with Gasteiger partial charge in [0.1, 0.15) is 6.33 Å². The molecule has 0 aliphatic rings. The maximum atomic E-state index is 10.3. The van der Waals surface area contributed by atoms with Crippen LogP contribution in [0.2, 0.25) is 5.02 Å². The Bertz CT molecular complexity index is 748. The highest BCUT2D eigenvalue weighted by Crippen LogP contribution is 2.26. The molecule has 6 heteroatoms. The van der Waals surface area contributed by atoms with Gasteiger partial charge in [-0.1, -0.05) is 53.7 Å². The summed E-state index contributed by atoms with van der Waals surface area (Å²) in [6.45, 7) is 0. The Balaban J connectivity index is 1.71. The predicted molar refractivity (Wildman–Crippen MR) is 88.5 cm³/mol. The number of aliphatic hydroxyl groups is 1. The quantitative estimate of drug-likeness (QED) is 0.723. The van der Waals surface area contributed by atoms with Crippen LogP contribution < -0.4 is 0 Å². The van der Waals surface area contributed by atoms with Gasteiger partial charge in [-0.25, -0.2) is 0 Å². The minimum absolute atomic E-state index is 0.478. The van der Waals surface area contributed by atoms with Crippen molar-refractivity contribution in [2.45, 2.75) is 11.3 Å². The third-order valence-corrected chi connectivity index (χ3v) is 4.41. The van der Waals surface area contributed by atoms with Gasteiger partial charge in [0.2, 0.25) is 0 Å². The number of halogens is 1. The van der Waals surface area contributed by atoms with E-state index in [1.165, 1.54) is 11.8 Å². The van der Waals surface area contributed by atoms with Gasteiger partial charge in [-0.2, -0.15) is 0 Å². The number of nitrogens with zero attached hydrogens (tertiary/aromatic N) is 3. The Morgan fingerprint density at radius 3 is 2.73 bits per heavy atom. The van der Waals surface area contributed by atoms with Crippen molar-refractivity contribution in [3.63, 3.8) is 0 Å². The van der Waals surface area contributed by atoms with Gasteiger partial charge < -0.3 is 5.11 Å². The molecule has 3 aromatic rings. The second kappa shape index (κ2) is 6.96. The second-order valence-corrected chi connectivity index (χ2v) is 6.12. The van der Waals surface area contributed by atoms with Crippen molar-refractivity contribution in [1.29, 1.82) is 0 Å². The van der Waals surface area contributed by atoms with Crippen molar-refractivity contribution in [3.05, 3.63) is 71.5 Å². The summed E-state index contributed by atoms with van der Waals surface area (Å²) >= 11 is 7.40. The Morgan fingerprint density at radius 2 is 1.95 bits per heavy atom. The average molecular weight is 332 g/mol. The number of thioether (sulfide) groups is 1. The molecular formula is C16H14ClN3OS. The molecule has 0 radical (unpaired) electrons. The number of hydrogen-bond donors (Lipinski definition) is 1. The topological polar surface area (TPSA) is 50.9 Å². The molecule has 1 aromatic heterocycles. The van der Waals surface area contributed by atoms with E-state index in [0.717, 1.165) is 16.4 Å². The zero-order valence-corrected chi connectivity index (χ0v) is 13.2. The molecule has 0 saturated heterocycles. The van der Waals surface area contributed by atoms with Crippen LogP contribution in [0.15, 0.2) is 66.1 Å². The molecule has 112 valence electrons. The van der Waals surface area contributed by atoms with E-state index in [4.69, 9.17) is 11.6 Å². The van der Waals surface area contributed by atoms with Gasteiger partial charge in [-0.3, -0.25) is 4.57 Å². The Morgan fingerprint density at radius 1 is 1.14 bits per heavy atom.